The normalized spacial score (nSPS) is 15.3. The van der Waals surface area contributed by atoms with Crippen LogP contribution in [0.15, 0.2) is 61.2 Å². The van der Waals surface area contributed by atoms with Crippen molar-refractivity contribution in [1.29, 1.82) is 0 Å². The molecule has 1 aromatic carbocycles. The number of aromatic nitrogens is 4. The summed E-state index contributed by atoms with van der Waals surface area (Å²) in [5, 5.41) is 8.44. The molecule has 0 radical (unpaired) electrons. The molecular formula is C19H19N5O. The number of nitrogens with zero attached hydrogens (tertiary/aromatic N) is 5. The van der Waals surface area contributed by atoms with Gasteiger partial charge in [0.2, 0.25) is 0 Å². The van der Waals surface area contributed by atoms with Gasteiger partial charge < -0.3 is 4.90 Å². The molecule has 3 aromatic rings. The second-order valence-corrected chi connectivity index (χ2v) is 6.20. The van der Waals surface area contributed by atoms with Gasteiger partial charge in [0.1, 0.15) is 12.2 Å². The molecule has 1 saturated heterocycles. The molecule has 126 valence electrons. The molecule has 4 rings (SSSR count). The highest BCUT2D eigenvalue weighted by molar-refractivity contribution is 5.93. The van der Waals surface area contributed by atoms with E-state index in [1.54, 1.807) is 24.8 Å². The van der Waals surface area contributed by atoms with Crippen LogP contribution in [-0.2, 0) is 0 Å². The van der Waals surface area contributed by atoms with Crippen molar-refractivity contribution in [2.75, 3.05) is 13.1 Å². The first kappa shape index (κ1) is 15.5. The highest BCUT2D eigenvalue weighted by Gasteiger charge is 2.27. The van der Waals surface area contributed by atoms with Crippen molar-refractivity contribution in [2.45, 2.75) is 18.8 Å². The first-order valence-corrected chi connectivity index (χ1v) is 8.47. The van der Waals surface area contributed by atoms with Crippen LogP contribution in [0.25, 0.3) is 5.69 Å². The summed E-state index contributed by atoms with van der Waals surface area (Å²) < 4.78 is 2.04. The Hall–Kier alpha value is -3.02. The van der Waals surface area contributed by atoms with Crippen LogP contribution in [0.1, 0.15) is 34.9 Å². The average Bonchev–Trinajstić information content (AvgIpc) is 3.19. The van der Waals surface area contributed by atoms with Gasteiger partial charge in [-0.1, -0.05) is 18.2 Å². The minimum atomic E-state index is 0.0519. The van der Waals surface area contributed by atoms with E-state index >= 15 is 0 Å². The summed E-state index contributed by atoms with van der Waals surface area (Å²) in [5.41, 5.74) is 1.71. The third kappa shape index (κ3) is 3.15. The van der Waals surface area contributed by atoms with Gasteiger partial charge in [-0.2, -0.15) is 0 Å². The zero-order valence-corrected chi connectivity index (χ0v) is 13.8. The van der Waals surface area contributed by atoms with Gasteiger partial charge in [0.05, 0.1) is 5.56 Å². The van der Waals surface area contributed by atoms with Gasteiger partial charge in [-0.25, -0.2) is 0 Å². The fourth-order valence-electron chi connectivity index (χ4n) is 3.32. The maximum absolute atomic E-state index is 12.5. The molecule has 0 bridgehead atoms. The second-order valence-electron chi connectivity index (χ2n) is 6.20. The van der Waals surface area contributed by atoms with Crippen LogP contribution in [0.2, 0.25) is 0 Å². The largest absolute Gasteiger partial charge is 0.339 e. The zero-order chi connectivity index (χ0) is 17.1. The van der Waals surface area contributed by atoms with Gasteiger partial charge in [0, 0.05) is 37.1 Å². The Labute approximate surface area is 146 Å². The van der Waals surface area contributed by atoms with E-state index in [1.165, 1.54) is 0 Å². The molecule has 0 spiro atoms. The van der Waals surface area contributed by atoms with Gasteiger partial charge in [-0.15, -0.1) is 10.2 Å². The number of likely N-dealkylation sites (tertiary alicyclic amines) is 1. The number of benzene rings is 1. The van der Waals surface area contributed by atoms with E-state index < -0.39 is 0 Å². The van der Waals surface area contributed by atoms with Crippen molar-refractivity contribution in [1.82, 2.24) is 24.6 Å². The van der Waals surface area contributed by atoms with Crippen molar-refractivity contribution in [3.63, 3.8) is 0 Å². The number of hydrogen-bond acceptors (Lipinski definition) is 4. The quantitative estimate of drug-likeness (QED) is 0.739. The molecule has 1 aliphatic heterocycles. The smallest absolute Gasteiger partial charge is 0.255 e. The van der Waals surface area contributed by atoms with Crippen LogP contribution >= 0.6 is 0 Å². The minimum Gasteiger partial charge on any atom is -0.339 e. The van der Waals surface area contributed by atoms with Crippen molar-refractivity contribution in [3.8, 4) is 5.69 Å². The summed E-state index contributed by atoms with van der Waals surface area (Å²) >= 11 is 0. The molecule has 25 heavy (non-hydrogen) atoms. The zero-order valence-electron chi connectivity index (χ0n) is 13.8. The molecule has 6 nitrogen and oxygen atoms in total. The van der Waals surface area contributed by atoms with E-state index in [-0.39, 0.29) is 5.91 Å². The molecule has 0 aliphatic carbocycles. The summed E-state index contributed by atoms with van der Waals surface area (Å²) in [5.74, 6) is 1.33. The number of para-hydroxylation sites is 1. The molecule has 6 heteroatoms. The summed E-state index contributed by atoms with van der Waals surface area (Å²) in [6.45, 7) is 1.44. The number of piperidine rings is 1. The SMILES string of the molecule is O=C(c1cccnc1)N1CCC(c2nncn2-c2ccccc2)CC1. The molecule has 1 aliphatic rings. The van der Waals surface area contributed by atoms with E-state index in [0.717, 1.165) is 37.4 Å². The summed E-state index contributed by atoms with van der Waals surface area (Å²) in [6.07, 6.45) is 6.84. The lowest BCUT2D eigenvalue weighted by atomic mass is 9.95. The van der Waals surface area contributed by atoms with E-state index in [2.05, 4.69) is 15.2 Å². The van der Waals surface area contributed by atoms with Crippen LogP contribution in [0.4, 0.5) is 0 Å². The monoisotopic (exact) mass is 333 g/mol. The van der Waals surface area contributed by atoms with Gasteiger partial charge in [-0.05, 0) is 37.1 Å². The third-order valence-corrected chi connectivity index (χ3v) is 4.66. The molecule has 1 amide bonds. The van der Waals surface area contributed by atoms with Crippen molar-refractivity contribution in [2.24, 2.45) is 0 Å². The third-order valence-electron chi connectivity index (χ3n) is 4.66. The van der Waals surface area contributed by atoms with Crippen LogP contribution in [0.5, 0.6) is 0 Å². The Morgan fingerprint density at radius 3 is 2.56 bits per heavy atom. The molecular weight excluding hydrogens is 314 g/mol. The number of hydrogen-bond donors (Lipinski definition) is 0. The predicted octanol–water partition coefficient (Wildman–Crippen LogP) is 2.68. The van der Waals surface area contributed by atoms with E-state index in [4.69, 9.17) is 0 Å². The number of carbonyl (C=O) groups excluding carboxylic acids is 1. The fraction of sp³-hybridized carbons (Fsp3) is 0.263. The number of pyridine rings is 1. The van der Waals surface area contributed by atoms with Crippen molar-refractivity contribution in [3.05, 3.63) is 72.6 Å². The molecule has 0 atom stereocenters. The second kappa shape index (κ2) is 6.84. The Balaban J connectivity index is 1.47. The predicted molar refractivity (Wildman–Crippen MR) is 93.5 cm³/mol. The summed E-state index contributed by atoms with van der Waals surface area (Å²) in [4.78, 5) is 18.5. The molecule has 0 N–H and O–H groups in total. The van der Waals surface area contributed by atoms with Gasteiger partial charge in [0.25, 0.3) is 5.91 Å². The van der Waals surface area contributed by atoms with Crippen LogP contribution in [-0.4, -0.2) is 43.6 Å². The number of carbonyl (C=O) groups is 1. The maximum Gasteiger partial charge on any atom is 0.255 e. The molecule has 1 fully saturated rings. The average molecular weight is 333 g/mol. The van der Waals surface area contributed by atoms with Crippen LogP contribution in [0, 0.1) is 0 Å². The highest BCUT2D eigenvalue weighted by atomic mass is 16.2. The van der Waals surface area contributed by atoms with E-state index in [9.17, 15) is 4.79 Å². The Bertz CT molecular complexity index is 839. The molecule has 0 unspecified atom stereocenters. The lowest BCUT2D eigenvalue weighted by molar-refractivity contribution is 0.0710. The number of amides is 1. The Kier molecular flexibility index (Phi) is 4.24. The lowest BCUT2D eigenvalue weighted by Crippen LogP contribution is -2.38. The first-order valence-electron chi connectivity index (χ1n) is 8.47. The first-order chi connectivity index (χ1) is 12.3. The van der Waals surface area contributed by atoms with Gasteiger partial charge in [0.15, 0.2) is 0 Å². The minimum absolute atomic E-state index is 0.0519. The Morgan fingerprint density at radius 2 is 1.84 bits per heavy atom. The number of rotatable bonds is 3. The maximum atomic E-state index is 12.5. The highest BCUT2D eigenvalue weighted by Crippen LogP contribution is 2.28. The Morgan fingerprint density at radius 1 is 1.04 bits per heavy atom. The van der Waals surface area contributed by atoms with Crippen molar-refractivity contribution >= 4 is 5.91 Å². The van der Waals surface area contributed by atoms with Crippen LogP contribution in [0.3, 0.4) is 0 Å². The van der Waals surface area contributed by atoms with Crippen LogP contribution < -0.4 is 0 Å². The molecule has 3 heterocycles. The van der Waals surface area contributed by atoms with Gasteiger partial charge in [-0.3, -0.25) is 14.3 Å². The topological polar surface area (TPSA) is 63.9 Å². The lowest BCUT2D eigenvalue weighted by Gasteiger charge is -2.31. The fourth-order valence-corrected chi connectivity index (χ4v) is 3.32. The molecule has 0 saturated carbocycles. The summed E-state index contributed by atoms with van der Waals surface area (Å²) in [6, 6.07) is 13.7. The van der Waals surface area contributed by atoms with E-state index in [1.807, 2.05) is 45.9 Å². The summed E-state index contributed by atoms with van der Waals surface area (Å²) in [7, 11) is 0. The van der Waals surface area contributed by atoms with E-state index in [0.29, 0.717) is 11.5 Å². The molecule has 2 aromatic heterocycles. The standard InChI is InChI=1S/C19H19N5O/c25-19(16-5-4-10-20-13-16)23-11-8-15(9-12-23)18-22-21-14-24(18)17-6-2-1-3-7-17/h1-7,10,13-15H,8-9,11-12H2. The van der Waals surface area contributed by atoms with Crippen molar-refractivity contribution < 1.29 is 4.79 Å². The van der Waals surface area contributed by atoms with Gasteiger partial charge >= 0.3 is 0 Å².